The quantitative estimate of drug-likeness (QED) is 0.574. The van der Waals surface area contributed by atoms with Gasteiger partial charge in [0.05, 0.1) is 17.5 Å². The van der Waals surface area contributed by atoms with E-state index in [1.165, 1.54) is 17.8 Å². The number of benzene rings is 2. The summed E-state index contributed by atoms with van der Waals surface area (Å²) in [5.74, 6) is -0.530. The molecular formula is C21H20F2N4OS. The van der Waals surface area contributed by atoms with Crippen LogP contribution in [0, 0.1) is 11.6 Å². The lowest BCUT2D eigenvalue weighted by Crippen LogP contribution is -2.23. The minimum Gasteiger partial charge on any atom is -0.323 e. The van der Waals surface area contributed by atoms with Crippen LogP contribution in [0.3, 0.4) is 0 Å². The van der Waals surface area contributed by atoms with Crippen molar-refractivity contribution in [1.82, 2.24) is 14.8 Å². The molecule has 4 rings (SSSR count). The first kappa shape index (κ1) is 19.6. The second kappa shape index (κ2) is 8.32. The van der Waals surface area contributed by atoms with E-state index in [0.29, 0.717) is 17.6 Å². The molecule has 1 heterocycles. The lowest BCUT2D eigenvalue weighted by atomic mass is 10.2. The van der Waals surface area contributed by atoms with Crippen LogP contribution in [0.15, 0.2) is 53.7 Å². The zero-order valence-corrected chi connectivity index (χ0v) is 16.6. The van der Waals surface area contributed by atoms with E-state index in [4.69, 9.17) is 0 Å². The molecule has 1 aliphatic carbocycles. The molecule has 1 saturated carbocycles. The summed E-state index contributed by atoms with van der Waals surface area (Å²) in [5.41, 5.74) is 1.08. The van der Waals surface area contributed by atoms with Crippen LogP contribution in [-0.2, 0) is 11.3 Å². The predicted octanol–water partition coefficient (Wildman–Crippen LogP) is 4.60. The molecule has 1 N–H and O–H groups in total. The average molecular weight is 414 g/mol. The minimum atomic E-state index is -0.807. The minimum absolute atomic E-state index is 0.0479. The standard InChI is InChI=1S/C21H20F2N4OS/c1-13(20(28)24-18-10-9-16(22)11-17(18)23)29-21-26-25-19(15-7-8-15)27(21)12-14-5-3-2-4-6-14/h2-6,9-11,13,15H,7-8,12H2,1H3,(H,24,28)/t13-/m1/s1. The average Bonchev–Trinajstić information content (AvgIpc) is 3.48. The van der Waals surface area contributed by atoms with Crippen molar-refractivity contribution in [2.45, 2.75) is 42.6 Å². The highest BCUT2D eigenvalue weighted by Gasteiger charge is 2.31. The third-order valence-electron chi connectivity index (χ3n) is 4.71. The maximum absolute atomic E-state index is 13.8. The number of anilines is 1. The van der Waals surface area contributed by atoms with Gasteiger partial charge in [-0.1, -0.05) is 42.1 Å². The van der Waals surface area contributed by atoms with Crippen LogP contribution in [0.25, 0.3) is 0 Å². The number of rotatable bonds is 7. The van der Waals surface area contributed by atoms with Crippen LogP contribution in [0.5, 0.6) is 0 Å². The summed E-state index contributed by atoms with van der Waals surface area (Å²) >= 11 is 1.27. The second-order valence-electron chi connectivity index (χ2n) is 7.06. The van der Waals surface area contributed by atoms with Crippen molar-refractivity contribution in [2.75, 3.05) is 5.32 Å². The molecule has 1 atom stereocenters. The van der Waals surface area contributed by atoms with Crippen molar-refractivity contribution in [1.29, 1.82) is 0 Å². The van der Waals surface area contributed by atoms with E-state index >= 15 is 0 Å². The van der Waals surface area contributed by atoms with Gasteiger partial charge in [-0.25, -0.2) is 8.78 Å². The number of aromatic nitrogens is 3. The normalized spacial score (nSPS) is 14.6. The van der Waals surface area contributed by atoms with E-state index in [1.807, 2.05) is 30.3 Å². The third kappa shape index (κ3) is 4.64. The lowest BCUT2D eigenvalue weighted by Gasteiger charge is -2.14. The van der Waals surface area contributed by atoms with Crippen molar-refractivity contribution in [3.05, 3.63) is 71.6 Å². The van der Waals surface area contributed by atoms with E-state index in [-0.39, 0.29) is 11.6 Å². The first-order chi connectivity index (χ1) is 14.0. The first-order valence-corrected chi connectivity index (χ1v) is 10.3. The Morgan fingerprint density at radius 2 is 1.97 bits per heavy atom. The SMILES string of the molecule is C[C@@H](Sc1nnc(C2CC2)n1Cc1ccccc1)C(=O)Nc1ccc(F)cc1F. The monoisotopic (exact) mass is 414 g/mol. The van der Waals surface area contributed by atoms with Crippen LogP contribution in [0.4, 0.5) is 14.5 Å². The van der Waals surface area contributed by atoms with E-state index in [1.54, 1.807) is 6.92 Å². The van der Waals surface area contributed by atoms with E-state index in [9.17, 15) is 13.6 Å². The van der Waals surface area contributed by atoms with Gasteiger partial charge in [0.25, 0.3) is 0 Å². The summed E-state index contributed by atoms with van der Waals surface area (Å²) in [5, 5.41) is 11.3. The van der Waals surface area contributed by atoms with E-state index < -0.39 is 16.9 Å². The fourth-order valence-electron chi connectivity index (χ4n) is 2.98. The fraction of sp³-hybridized carbons (Fsp3) is 0.286. The van der Waals surface area contributed by atoms with Crippen LogP contribution in [-0.4, -0.2) is 25.9 Å². The molecule has 0 radical (unpaired) electrons. The van der Waals surface area contributed by atoms with Crippen molar-refractivity contribution < 1.29 is 13.6 Å². The second-order valence-corrected chi connectivity index (χ2v) is 8.37. The van der Waals surface area contributed by atoms with Gasteiger partial charge in [-0.15, -0.1) is 10.2 Å². The highest BCUT2D eigenvalue weighted by molar-refractivity contribution is 8.00. The topological polar surface area (TPSA) is 59.8 Å². The fourth-order valence-corrected chi connectivity index (χ4v) is 3.84. The zero-order valence-electron chi connectivity index (χ0n) is 15.8. The maximum atomic E-state index is 13.8. The number of thioether (sulfide) groups is 1. The van der Waals surface area contributed by atoms with Crippen molar-refractivity contribution in [3.63, 3.8) is 0 Å². The molecular weight excluding hydrogens is 394 g/mol. The molecule has 1 fully saturated rings. The molecule has 0 spiro atoms. The van der Waals surface area contributed by atoms with Gasteiger partial charge in [-0.2, -0.15) is 0 Å². The van der Waals surface area contributed by atoms with E-state index in [2.05, 4.69) is 20.1 Å². The largest absolute Gasteiger partial charge is 0.323 e. The molecule has 8 heteroatoms. The third-order valence-corrected chi connectivity index (χ3v) is 5.79. The molecule has 0 bridgehead atoms. The molecule has 0 saturated heterocycles. The smallest absolute Gasteiger partial charge is 0.237 e. The molecule has 150 valence electrons. The molecule has 1 aromatic heterocycles. The number of hydrogen-bond acceptors (Lipinski definition) is 4. The Morgan fingerprint density at radius 3 is 2.66 bits per heavy atom. The molecule has 3 aromatic rings. The Bertz CT molecular complexity index is 1020. The van der Waals surface area contributed by atoms with Gasteiger partial charge in [0.2, 0.25) is 5.91 Å². The van der Waals surface area contributed by atoms with Crippen molar-refractivity contribution >= 4 is 23.4 Å². The zero-order chi connectivity index (χ0) is 20.4. The lowest BCUT2D eigenvalue weighted by molar-refractivity contribution is -0.115. The Hall–Kier alpha value is -2.74. The first-order valence-electron chi connectivity index (χ1n) is 9.41. The summed E-state index contributed by atoms with van der Waals surface area (Å²) in [7, 11) is 0. The number of carbonyl (C=O) groups is 1. The summed E-state index contributed by atoms with van der Waals surface area (Å²) < 4.78 is 28.9. The summed E-state index contributed by atoms with van der Waals surface area (Å²) in [6.45, 7) is 2.35. The van der Waals surface area contributed by atoms with Crippen LogP contribution >= 0.6 is 11.8 Å². The van der Waals surface area contributed by atoms with Gasteiger partial charge in [0.1, 0.15) is 17.5 Å². The Labute approximate surface area is 171 Å². The number of nitrogens with zero attached hydrogens (tertiary/aromatic N) is 3. The molecule has 2 aromatic carbocycles. The number of carbonyl (C=O) groups excluding carboxylic acids is 1. The molecule has 5 nitrogen and oxygen atoms in total. The van der Waals surface area contributed by atoms with Gasteiger partial charge < -0.3 is 9.88 Å². The summed E-state index contributed by atoms with van der Waals surface area (Å²) in [6.07, 6.45) is 2.19. The summed E-state index contributed by atoms with van der Waals surface area (Å²) in [6, 6.07) is 13.1. The molecule has 0 unspecified atom stereocenters. The number of halogens is 2. The van der Waals surface area contributed by atoms with Crippen LogP contribution < -0.4 is 5.32 Å². The van der Waals surface area contributed by atoms with Crippen LogP contribution in [0.2, 0.25) is 0 Å². The molecule has 0 aliphatic heterocycles. The molecule has 1 amide bonds. The highest BCUT2D eigenvalue weighted by Crippen LogP contribution is 2.40. The van der Waals surface area contributed by atoms with Gasteiger partial charge >= 0.3 is 0 Å². The van der Waals surface area contributed by atoms with Crippen molar-refractivity contribution in [3.8, 4) is 0 Å². The summed E-state index contributed by atoms with van der Waals surface area (Å²) in [4.78, 5) is 12.5. The van der Waals surface area contributed by atoms with Gasteiger partial charge in [-0.3, -0.25) is 4.79 Å². The maximum Gasteiger partial charge on any atom is 0.237 e. The van der Waals surface area contributed by atoms with Gasteiger partial charge in [0, 0.05) is 12.0 Å². The Morgan fingerprint density at radius 1 is 1.21 bits per heavy atom. The molecule has 1 aliphatic rings. The number of amides is 1. The Balaban J connectivity index is 1.50. The predicted molar refractivity (Wildman–Crippen MR) is 108 cm³/mol. The van der Waals surface area contributed by atoms with Gasteiger partial charge in [-0.05, 0) is 37.5 Å². The van der Waals surface area contributed by atoms with E-state index in [0.717, 1.165) is 36.4 Å². The van der Waals surface area contributed by atoms with Crippen molar-refractivity contribution in [2.24, 2.45) is 0 Å². The Kier molecular flexibility index (Phi) is 5.62. The van der Waals surface area contributed by atoms with Crippen LogP contribution in [0.1, 0.15) is 37.1 Å². The molecule has 29 heavy (non-hydrogen) atoms. The number of hydrogen-bond donors (Lipinski definition) is 1. The highest BCUT2D eigenvalue weighted by atomic mass is 32.2. The number of nitrogens with one attached hydrogen (secondary N) is 1. The van der Waals surface area contributed by atoms with Gasteiger partial charge in [0.15, 0.2) is 5.16 Å².